The number of quaternary nitrogens is 1. The van der Waals surface area contributed by atoms with E-state index in [9.17, 15) is 87.5 Å². The van der Waals surface area contributed by atoms with Gasteiger partial charge in [-0.25, -0.2) is 8.42 Å². The number of rotatable bonds is 11. The van der Waals surface area contributed by atoms with Crippen LogP contribution >= 0.6 is 0 Å². The van der Waals surface area contributed by atoms with Gasteiger partial charge in [0.2, 0.25) is 0 Å². The van der Waals surface area contributed by atoms with Gasteiger partial charge in [0.15, 0.2) is 0 Å². The molecule has 0 atom stereocenters. The van der Waals surface area contributed by atoms with Crippen molar-refractivity contribution in [1.29, 1.82) is 0 Å². The Morgan fingerprint density at radius 3 is 1.11 bits per heavy atom. The Kier molecular flexibility index (Phi) is 8.49. The molecule has 0 fully saturated rings. The lowest BCUT2D eigenvalue weighted by Gasteiger charge is -2.42. The van der Waals surface area contributed by atoms with Crippen LogP contribution in [0.4, 0.5) is 79.1 Å². The van der Waals surface area contributed by atoms with Crippen molar-refractivity contribution in [3.05, 3.63) is 0 Å². The fraction of sp³-hybridized carbons (Fsp3) is 1.00. The van der Waals surface area contributed by atoms with Crippen molar-refractivity contribution in [2.45, 2.75) is 47.0 Å². The maximum atomic E-state index is 13.8. The summed E-state index contributed by atoms with van der Waals surface area (Å²) in [6.45, 7) is -2.83. The third kappa shape index (κ3) is 4.77. The molecular weight excluding hydrogens is 590 g/mol. The van der Waals surface area contributed by atoms with Gasteiger partial charge in [-0.3, -0.25) is 0 Å². The van der Waals surface area contributed by atoms with Crippen LogP contribution in [0.1, 0.15) is 0 Å². The average molecular weight is 603 g/mol. The molecule has 4 nitrogen and oxygen atoms in total. The molecule has 0 unspecified atom stereocenters. The second-order valence-electron chi connectivity index (χ2n) is 7.99. The first-order valence-electron chi connectivity index (χ1n) is 8.33. The minimum atomic E-state index is -8.95. The van der Waals surface area contributed by atoms with E-state index in [-0.39, 0.29) is 0 Å². The Hall–Kier alpha value is -1.39. The smallest absolute Gasteiger partial charge is 0.330 e. The van der Waals surface area contributed by atoms with E-state index in [2.05, 4.69) is 0 Å². The van der Waals surface area contributed by atoms with Crippen LogP contribution in [0.3, 0.4) is 0 Å². The molecule has 0 bridgehead atoms. The molecule has 0 radical (unpaired) electrons. The van der Waals surface area contributed by atoms with Crippen molar-refractivity contribution < 1.29 is 92.0 Å². The summed E-state index contributed by atoms with van der Waals surface area (Å²) in [5.41, 5.74) is 0. The van der Waals surface area contributed by atoms with Crippen LogP contribution in [0.2, 0.25) is 0 Å². The number of hydrogen-bond acceptors (Lipinski definition) is 2. The molecule has 0 aromatic heterocycles. The van der Waals surface area contributed by atoms with Crippen LogP contribution in [0.5, 0.6) is 0 Å². The van der Waals surface area contributed by atoms with Crippen LogP contribution in [0.25, 0.3) is 0 Å². The first-order valence-corrected chi connectivity index (χ1v) is 9.77. The lowest BCUT2D eigenvalue weighted by Crippen LogP contribution is -2.75. The summed E-state index contributed by atoms with van der Waals surface area (Å²) in [4.78, 5) is 0. The molecule has 0 N–H and O–H groups in total. The van der Waals surface area contributed by atoms with Crippen LogP contribution in [-0.2, 0) is 10.0 Å². The summed E-state index contributed by atoms with van der Waals surface area (Å²) < 4.78 is 257. The maximum absolute atomic E-state index is 13.8. The van der Waals surface area contributed by atoms with Crippen LogP contribution in [-0.4, -0.2) is 98.6 Å². The highest BCUT2D eigenvalue weighted by molar-refractivity contribution is 7.90. The zero-order valence-electron chi connectivity index (χ0n) is 17.3. The van der Waals surface area contributed by atoms with Gasteiger partial charge in [0, 0.05) is 0 Å². The summed E-state index contributed by atoms with van der Waals surface area (Å²) in [6.07, 6.45) is -7.92. The summed E-state index contributed by atoms with van der Waals surface area (Å²) in [5, 5.41) is -7.90. The molecule has 0 rings (SSSR count). The summed E-state index contributed by atoms with van der Waals surface area (Å²) in [5.74, 6) is -52.3. The molecule has 0 saturated heterocycles. The van der Waals surface area contributed by atoms with Crippen molar-refractivity contribution in [2.75, 3.05) is 34.2 Å². The van der Waals surface area contributed by atoms with Crippen LogP contribution < -0.4 is 0 Å². The topological polar surface area (TPSA) is 37.4 Å². The largest absolute Gasteiger partial charge is 0.460 e. The van der Waals surface area contributed by atoms with E-state index < -0.39 is 79.1 Å². The highest BCUT2D eigenvalue weighted by Gasteiger charge is 2.96. The Morgan fingerprint density at radius 1 is 0.556 bits per heavy atom. The number of hydrogen-bond donors (Lipinski definition) is 0. The molecule has 23 heteroatoms. The third-order valence-corrected chi connectivity index (χ3v) is 5.83. The van der Waals surface area contributed by atoms with Crippen molar-refractivity contribution in [3.8, 4) is 0 Å². The van der Waals surface area contributed by atoms with Gasteiger partial charge < -0.3 is 4.48 Å². The summed E-state index contributed by atoms with van der Waals surface area (Å²) >= 11 is 0. The second kappa shape index (κ2) is 8.83. The standard InChI is InChI=1S/C13H13F18N2O2S/c1-33(2,3)5-4-32(31)36(34,35)13(29,30)11(24,25)9(20,21)7(16,17)6(14,15)8(18,19)10(22,23)12(26,27)28/h4-5H2,1-3H3/q+1. The molecule has 0 aliphatic heterocycles. The third-order valence-electron chi connectivity index (χ3n) is 4.22. The first kappa shape index (κ1) is 34.6. The zero-order chi connectivity index (χ0) is 30.0. The monoisotopic (exact) mass is 603 g/mol. The Labute approximate surface area is 189 Å². The highest BCUT2D eigenvalue weighted by atomic mass is 32.2. The van der Waals surface area contributed by atoms with Gasteiger partial charge in [0.1, 0.15) is 0 Å². The minimum Gasteiger partial charge on any atom is -0.330 e. The number of nitrogens with zero attached hydrogens (tertiary/aromatic N) is 2. The van der Waals surface area contributed by atoms with Crippen molar-refractivity contribution in [1.82, 2.24) is 4.53 Å². The molecule has 0 spiro atoms. The van der Waals surface area contributed by atoms with E-state index in [0.717, 1.165) is 21.1 Å². The molecule has 0 aliphatic rings. The molecule has 0 heterocycles. The highest BCUT2D eigenvalue weighted by Crippen LogP contribution is 2.64. The molecule has 0 aliphatic carbocycles. The fourth-order valence-electron chi connectivity index (χ4n) is 1.93. The number of sulfonamides is 1. The maximum Gasteiger partial charge on any atom is 0.460 e. The molecule has 0 aromatic rings. The molecule has 36 heavy (non-hydrogen) atoms. The Bertz CT molecular complexity index is 905. The quantitative estimate of drug-likeness (QED) is 0.186. The molecule has 0 amide bonds. The molecular formula is C13H13F18N2O2S+. The zero-order valence-corrected chi connectivity index (χ0v) is 18.2. The normalized spacial score (nSPS) is 16.6. The van der Waals surface area contributed by atoms with E-state index in [4.69, 9.17) is 0 Å². The van der Waals surface area contributed by atoms with E-state index in [1.165, 1.54) is 0 Å². The van der Waals surface area contributed by atoms with Crippen molar-refractivity contribution >= 4 is 10.0 Å². The Morgan fingerprint density at radius 2 is 0.833 bits per heavy atom. The van der Waals surface area contributed by atoms with Crippen LogP contribution in [0.15, 0.2) is 0 Å². The molecule has 218 valence electrons. The van der Waals surface area contributed by atoms with Crippen molar-refractivity contribution in [3.63, 3.8) is 0 Å². The fourth-order valence-corrected chi connectivity index (χ4v) is 2.96. The van der Waals surface area contributed by atoms with Gasteiger partial charge >= 0.3 is 57.0 Å². The van der Waals surface area contributed by atoms with Gasteiger partial charge in [0.25, 0.3) is 0 Å². The van der Waals surface area contributed by atoms with E-state index in [1.807, 2.05) is 0 Å². The van der Waals surface area contributed by atoms with E-state index >= 15 is 0 Å². The second-order valence-corrected chi connectivity index (χ2v) is 9.85. The molecule has 0 aromatic carbocycles. The summed E-state index contributed by atoms with van der Waals surface area (Å²) in [6, 6.07) is 0. The van der Waals surface area contributed by atoms with E-state index in [1.54, 1.807) is 0 Å². The van der Waals surface area contributed by atoms with E-state index in [0.29, 0.717) is 0 Å². The lowest BCUT2D eigenvalue weighted by atomic mass is 9.91. The SMILES string of the molecule is C[N+](C)(C)CCN(F)S(=O)(=O)C(F)(F)C(F)(F)C(F)(F)C(F)(F)C(F)(F)C(F)(F)C(F)(F)C(F)(F)F. The van der Waals surface area contributed by atoms with Gasteiger partial charge in [-0.15, -0.1) is 4.48 Å². The number of likely N-dealkylation sites (N-methyl/N-ethyl adjacent to an activating group) is 1. The van der Waals surface area contributed by atoms with Gasteiger partial charge in [-0.05, 0) is 4.53 Å². The predicted molar refractivity (Wildman–Crippen MR) is 80.3 cm³/mol. The van der Waals surface area contributed by atoms with Gasteiger partial charge in [0.05, 0.1) is 34.2 Å². The number of alkyl halides is 17. The average Bonchev–Trinajstić information content (AvgIpc) is 2.63. The van der Waals surface area contributed by atoms with Gasteiger partial charge in [-0.2, -0.15) is 74.6 Å². The van der Waals surface area contributed by atoms with Crippen molar-refractivity contribution in [2.24, 2.45) is 0 Å². The van der Waals surface area contributed by atoms with Crippen LogP contribution in [0, 0.1) is 0 Å². The molecule has 0 saturated carbocycles. The lowest BCUT2D eigenvalue weighted by molar-refractivity contribution is -0.869. The predicted octanol–water partition coefficient (Wildman–Crippen LogP) is 5.18. The minimum absolute atomic E-state index is 0.555. The first-order chi connectivity index (χ1) is 15.1. The Balaban J connectivity index is 6.85. The van der Waals surface area contributed by atoms with Gasteiger partial charge in [-0.1, -0.05) is 0 Å². The number of halogens is 18. The summed E-state index contributed by atoms with van der Waals surface area (Å²) in [7, 11) is -4.64.